The van der Waals surface area contributed by atoms with Crippen molar-refractivity contribution in [3.05, 3.63) is 45.6 Å². The van der Waals surface area contributed by atoms with Crippen molar-refractivity contribution in [3.63, 3.8) is 0 Å². The zero-order valence-corrected chi connectivity index (χ0v) is 13.9. The number of hydrogen-bond acceptors (Lipinski definition) is 3. The number of carbonyl (C=O) groups is 2. The number of carbonyl (C=O) groups excluding carboxylic acids is 2. The van der Waals surface area contributed by atoms with Crippen LogP contribution in [0.15, 0.2) is 29.6 Å². The van der Waals surface area contributed by atoms with Crippen LogP contribution in [0.4, 0.5) is 11.4 Å². The summed E-state index contributed by atoms with van der Waals surface area (Å²) in [6.45, 7) is 5.80. The Morgan fingerprint density at radius 1 is 1.32 bits per heavy atom. The molecule has 4 nitrogen and oxygen atoms in total. The van der Waals surface area contributed by atoms with Crippen molar-refractivity contribution in [2.24, 2.45) is 0 Å². The number of benzene rings is 1. The predicted octanol–water partition coefficient (Wildman–Crippen LogP) is 3.56. The molecule has 3 rings (SSSR count). The van der Waals surface area contributed by atoms with Gasteiger partial charge in [-0.1, -0.05) is 6.07 Å². The molecule has 0 atom stereocenters. The summed E-state index contributed by atoms with van der Waals surface area (Å²) in [6, 6.07) is 7.47. The highest BCUT2D eigenvalue weighted by Crippen LogP contribution is 2.44. The first-order chi connectivity index (χ1) is 10.3. The van der Waals surface area contributed by atoms with Crippen LogP contribution in [0.2, 0.25) is 0 Å². The molecule has 1 aliphatic heterocycles. The molecular formula is C17H18N2O2S. The van der Waals surface area contributed by atoms with Gasteiger partial charge >= 0.3 is 0 Å². The summed E-state index contributed by atoms with van der Waals surface area (Å²) in [5.74, 6) is -0.0443. The summed E-state index contributed by atoms with van der Waals surface area (Å²) in [5.41, 5.74) is 3.05. The van der Waals surface area contributed by atoms with Gasteiger partial charge in [-0.2, -0.15) is 0 Å². The molecule has 2 heterocycles. The van der Waals surface area contributed by atoms with Crippen molar-refractivity contribution >= 4 is 34.5 Å². The predicted molar refractivity (Wildman–Crippen MR) is 89.9 cm³/mol. The SMILES string of the molecule is Cc1cc(NC(=O)c2cccs2)cc2c1N(C)C(=O)C2(C)C. The number of rotatable bonds is 2. The molecule has 22 heavy (non-hydrogen) atoms. The van der Waals surface area contributed by atoms with E-state index in [1.807, 2.05) is 44.4 Å². The standard InChI is InChI=1S/C17H18N2O2S/c1-10-8-11(18-15(20)13-6-5-7-22-13)9-12-14(10)19(4)16(21)17(12,2)3/h5-9H,1-4H3,(H,18,20). The van der Waals surface area contributed by atoms with Crippen LogP contribution in [-0.2, 0) is 10.2 Å². The zero-order chi connectivity index (χ0) is 16.1. The van der Waals surface area contributed by atoms with Gasteiger partial charge in [0, 0.05) is 12.7 Å². The van der Waals surface area contributed by atoms with E-state index in [4.69, 9.17) is 0 Å². The van der Waals surface area contributed by atoms with Crippen LogP contribution in [0.25, 0.3) is 0 Å². The summed E-state index contributed by atoms with van der Waals surface area (Å²) in [7, 11) is 1.80. The highest BCUT2D eigenvalue weighted by atomic mass is 32.1. The lowest BCUT2D eigenvalue weighted by Gasteiger charge is -2.17. The van der Waals surface area contributed by atoms with E-state index in [2.05, 4.69) is 5.32 Å². The number of nitrogens with zero attached hydrogens (tertiary/aromatic N) is 1. The lowest BCUT2D eigenvalue weighted by Crippen LogP contribution is -2.33. The van der Waals surface area contributed by atoms with Gasteiger partial charge in [0.05, 0.1) is 16.0 Å². The third kappa shape index (κ3) is 2.13. The lowest BCUT2D eigenvalue weighted by molar-refractivity contribution is -0.121. The summed E-state index contributed by atoms with van der Waals surface area (Å²) < 4.78 is 0. The molecule has 0 spiro atoms. The number of amides is 2. The molecule has 1 N–H and O–H groups in total. The van der Waals surface area contributed by atoms with Crippen molar-refractivity contribution in [1.82, 2.24) is 0 Å². The lowest BCUT2D eigenvalue weighted by atomic mass is 9.85. The molecule has 0 saturated heterocycles. The number of anilines is 2. The quantitative estimate of drug-likeness (QED) is 0.921. The van der Waals surface area contributed by atoms with Gasteiger partial charge in [0.2, 0.25) is 5.91 Å². The monoisotopic (exact) mass is 314 g/mol. The fraction of sp³-hybridized carbons (Fsp3) is 0.294. The second kappa shape index (κ2) is 4.95. The van der Waals surface area contributed by atoms with Gasteiger partial charge in [0.1, 0.15) is 0 Å². The van der Waals surface area contributed by atoms with E-state index in [1.54, 1.807) is 18.0 Å². The Balaban J connectivity index is 2.00. The van der Waals surface area contributed by atoms with Gasteiger partial charge in [0.15, 0.2) is 0 Å². The maximum absolute atomic E-state index is 12.4. The van der Waals surface area contributed by atoms with Gasteiger partial charge < -0.3 is 10.2 Å². The van der Waals surface area contributed by atoms with Crippen molar-refractivity contribution in [1.29, 1.82) is 0 Å². The molecule has 1 aromatic heterocycles. The number of likely N-dealkylation sites (N-methyl/N-ethyl adjacent to an activating group) is 1. The van der Waals surface area contributed by atoms with Crippen molar-refractivity contribution in [2.75, 3.05) is 17.3 Å². The molecule has 0 aliphatic carbocycles. The Bertz CT molecular complexity index is 763. The van der Waals surface area contributed by atoms with Gasteiger partial charge in [-0.25, -0.2) is 0 Å². The molecule has 1 aliphatic rings. The Morgan fingerprint density at radius 2 is 2.05 bits per heavy atom. The number of thiophene rings is 1. The molecule has 0 radical (unpaired) electrons. The second-order valence-corrected chi connectivity index (χ2v) is 7.06. The maximum atomic E-state index is 12.4. The minimum atomic E-state index is -0.571. The van der Waals surface area contributed by atoms with E-state index in [0.717, 1.165) is 22.5 Å². The van der Waals surface area contributed by atoms with Crippen molar-refractivity contribution < 1.29 is 9.59 Å². The molecular weight excluding hydrogens is 296 g/mol. The van der Waals surface area contributed by atoms with Crippen LogP contribution in [0, 0.1) is 6.92 Å². The normalized spacial score (nSPS) is 15.8. The molecule has 0 saturated carbocycles. The fourth-order valence-electron chi connectivity index (χ4n) is 3.01. The van der Waals surface area contributed by atoms with E-state index in [1.165, 1.54) is 11.3 Å². The Morgan fingerprint density at radius 3 is 2.68 bits per heavy atom. The molecule has 0 bridgehead atoms. The third-order valence-corrected chi connectivity index (χ3v) is 5.02. The second-order valence-electron chi connectivity index (χ2n) is 6.11. The zero-order valence-electron chi connectivity index (χ0n) is 13.1. The first-order valence-corrected chi connectivity index (χ1v) is 7.98. The maximum Gasteiger partial charge on any atom is 0.265 e. The van der Waals surface area contributed by atoms with E-state index >= 15 is 0 Å². The number of hydrogen-bond donors (Lipinski definition) is 1. The Hall–Kier alpha value is -2.14. The summed E-state index contributed by atoms with van der Waals surface area (Å²) in [5, 5.41) is 4.80. The van der Waals surface area contributed by atoms with E-state index in [9.17, 15) is 9.59 Å². The number of fused-ring (bicyclic) bond motifs is 1. The highest BCUT2D eigenvalue weighted by molar-refractivity contribution is 7.12. The van der Waals surface area contributed by atoms with Crippen LogP contribution in [-0.4, -0.2) is 18.9 Å². The topological polar surface area (TPSA) is 49.4 Å². The van der Waals surface area contributed by atoms with Crippen LogP contribution >= 0.6 is 11.3 Å². The Kier molecular flexibility index (Phi) is 3.33. The van der Waals surface area contributed by atoms with Gasteiger partial charge in [0.25, 0.3) is 5.91 Å². The minimum Gasteiger partial charge on any atom is -0.321 e. The minimum absolute atomic E-state index is 0.0762. The third-order valence-electron chi connectivity index (χ3n) is 4.15. The van der Waals surface area contributed by atoms with E-state index < -0.39 is 5.41 Å². The molecule has 5 heteroatoms. The van der Waals surface area contributed by atoms with Gasteiger partial charge in [-0.3, -0.25) is 9.59 Å². The molecule has 114 valence electrons. The molecule has 0 unspecified atom stereocenters. The van der Waals surface area contributed by atoms with Crippen LogP contribution < -0.4 is 10.2 Å². The van der Waals surface area contributed by atoms with Gasteiger partial charge in [-0.05, 0) is 55.5 Å². The summed E-state index contributed by atoms with van der Waals surface area (Å²) >= 11 is 1.41. The average Bonchev–Trinajstić information content (AvgIpc) is 3.03. The summed E-state index contributed by atoms with van der Waals surface area (Å²) in [4.78, 5) is 27.0. The average molecular weight is 314 g/mol. The molecule has 2 amide bonds. The molecule has 2 aromatic rings. The van der Waals surface area contributed by atoms with Crippen molar-refractivity contribution in [3.8, 4) is 0 Å². The van der Waals surface area contributed by atoms with E-state index in [0.29, 0.717) is 4.88 Å². The Labute approximate surface area is 133 Å². The number of aryl methyl sites for hydroxylation is 1. The molecule has 0 fully saturated rings. The van der Waals surface area contributed by atoms with E-state index in [-0.39, 0.29) is 11.8 Å². The first kappa shape index (κ1) is 14.8. The van der Waals surface area contributed by atoms with Crippen LogP contribution in [0.5, 0.6) is 0 Å². The molecule has 1 aromatic carbocycles. The van der Waals surface area contributed by atoms with Crippen molar-refractivity contribution in [2.45, 2.75) is 26.2 Å². The largest absolute Gasteiger partial charge is 0.321 e. The first-order valence-electron chi connectivity index (χ1n) is 7.10. The smallest absolute Gasteiger partial charge is 0.265 e. The fourth-order valence-corrected chi connectivity index (χ4v) is 3.63. The van der Waals surface area contributed by atoms with Crippen LogP contribution in [0.1, 0.15) is 34.6 Å². The van der Waals surface area contributed by atoms with Gasteiger partial charge in [-0.15, -0.1) is 11.3 Å². The number of nitrogens with one attached hydrogen (secondary N) is 1. The summed E-state index contributed by atoms with van der Waals surface area (Å²) in [6.07, 6.45) is 0. The highest BCUT2D eigenvalue weighted by Gasteiger charge is 2.43. The van der Waals surface area contributed by atoms with Crippen LogP contribution in [0.3, 0.4) is 0 Å².